The summed E-state index contributed by atoms with van der Waals surface area (Å²) in [4.78, 5) is 27.9. The molecule has 26 heavy (non-hydrogen) atoms. The van der Waals surface area contributed by atoms with Gasteiger partial charge in [0.25, 0.3) is 0 Å². The molecule has 5 nitrogen and oxygen atoms in total. The number of nitrogens with zero attached hydrogens (tertiary/aromatic N) is 1. The summed E-state index contributed by atoms with van der Waals surface area (Å²) >= 11 is 1.48. The zero-order chi connectivity index (χ0) is 18.5. The van der Waals surface area contributed by atoms with E-state index in [1.807, 2.05) is 60.8 Å². The summed E-state index contributed by atoms with van der Waals surface area (Å²) in [5, 5.41) is 8.33. The van der Waals surface area contributed by atoms with Crippen LogP contribution < -0.4 is 10.6 Å². The van der Waals surface area contributed by atoms with Gasteiger partial charge >= 0.3 is 0 Å². The first kappa shape index (κ1) is 17.8. The third-order valence-electron chi connectivity index (χ3n) is 3.66. The van der Waals surface area contributed by atoms with Crippen LogP contribution in [0.25, 0.3) is 10.6 Å². The first-order valence-corrected chi connectivity index (χ1v) is 9.06. The molecule has 0 aliphatic rings. The second-order valence-electron chi connectivity index (χ2n) is 6.00. The van der Waals surface area contributed by atoms with Gasteiger partial charge in [0, 0.05) is 29.2 Å². The number of hydrogen-bond donors (Lipinski definition) is 2. The van der Waals surface area contributed by atoms with Crippen molar-refractivity contribution in [3.05, 3.63) is 65.2 Å². The Morgan fingerprint density at radius 1 is 1.04 bits per heavy atom. The summed E-state index contributed by atoms with van der Waals surface area (Å²) in [5.41, 5.74) is 4.28. The standard InChI is InChI=1S/C20H19N3O2S/c1-13-6-8-16(9-7-13)22-19(25)11-18-12-26-20(23-18)15-4-3-5-17(10-15)21-14(2)24/h3-10,12H,11H2,1-2H3,(H,21,24)(H,22,25). The monoisotopic (exact) mass is 365 g/mol. The molecule has 0 bridgehead atoms. The minimum atomic E-state index is -0.116. The van der Waals surface area contributed by atoms with Crippen molar-refractivity contribution in [1.29, 1.82) is 0 Å². The molecule has 132 valence electrons. The van der Waals surface area contributed by atoms with Crippen molar-refractivity contribution in [2.45, 2.75) is 20.3 Å². The highest BCUT2D eigenvalue weighted by atomic mass is 32.1. The largest absolute Gasteiger partial charge is 0.326 e. The van der Waals surface area contributed by atoms with Crippen LogP contribution in [0, 0.1) is 6.92 Å². The van der Waals surface area contributed by atoms with Gasteiger partial charge < -0.3 is 10.6 Å². The van der Waals surface area contributed by atoms with Gasteiger partial charge in [-0.05, 0) is 31.2 Å². The van der Waals surface area contributed by atoms with Crippen LogP contribution in [0.1, 0.15) is 18.2 Å². The lowest BCUT2D eigenvalue weighted by molar-refractivity contribution is -0.116. The number of benzene rings is 2. The van der Waals surface area contributed by atoms with Crippen LogP contribution in [0.2, 0.25) is 0 Å². The highest BCUT2D eigenvalue weighted by Gasteiger charge is 2.10. The van der Waals surface area contributed by atoms with Crippen molar-refractivity contribution in [3.8, 4) is 10.6 Å². The van der Waals surface area contributed by atoms with E-state index >= 15 is 0 Å². The summed E-state index contributed by atoms with van der Waals surface area (Å²) in [7, 11) is 0. The average molecular weight is 365 g/mol. The molecule has 0 spiro atoms. The Labute approximate surface area is 156 Å². The van der Waals surface area contributed by atoms with E-state index in [2.05, 4.69) is 15.6 Å². The Kier molecular flexibility index (Phi) is 5.43. The number of anilines is 2. The maximum absolute atomic E-state index is 12.2. The smallest absolute Gasteiger partial charge is 0.230 e. The fraction of sp³-hybridized carbons (Fsp3) is 0.150. The predicted molar refractivity (Wildman–Crippen MR) is 105 cm³/mol. The molecule has 0 fully saturated rings. The normalized spacial score (nSPS) is 10.4. The summed E-state index contributed by atoms with van der Waals surface area (Å²) < 4.78 is 0. The Morgan fingerprint density at radius 3 is 2.54 bits per heavy atom. The molecule has 0 radical (unpaired) electrons. The van der Waals surface area contributed by atoms with E-state index in [0.717, 1.165) is 33.2 Å². The molecule has 0 unspecified atom stereocenters. The lowest BCUT2D eigenvalue weighted by Gasteiger charge is -2.04. The van der Waals surface area contributed by atoms with E-state index in [-0.39, 0.29) is 18.2 Å². The number of amides is 2. The average Bonchev–Trinajstić information content (AvgIpc) is 3.05. The molecule has 2 aromatic carbocycles. The molecule has 0 saturated carbocycles. The summed E-state index contributed by atoms with van der Waals surface area (Å²) in [6.07, 6.45) is 0.218. The van der Waals surface area contributed by atoms with Gasteiger partial charge in [-0.3, -0.25) is 9.59 Å². The number of hydrogen-bond acceptors (Lipinski definition) is 4. The second-order valence-corrected chi connectivity index (χ2v) is 6.86. The Morgan fingerprint density at radius 2 is 1.81 bits per heavy atom. The fourth-order valence-electron chi connectivity index (χ4n) is 2.46. The zero-order valence-electron chi connectivity index (χ0n) is 14.6. The number of thiazole rings is 1. The molecule has 1 heterocycles. The molecule has 2 N–H and O–H groups in total. The number of rotatable bonds is 5. The van der Waals surface area contributed by atoms with Crippen LogP contribution in [0.4, 0.5) is 11.4 Å². The molecule has 0 saturated heterocycles. The van der Waals surface area contributed by atoms with Crippen LogP contribution in [0.15, 0.2) is 53.9 Å². The number of aryl methyl sites for hydroxylation is 1. The highest BCUT2D eigenvalue weighted by Crippen LogP contribution is 2.26. The molecule has 0 aliphatic heterocycles. The number of aromatic nitrogens is 1. The molecular weight excluding hydrogens is 346 g/mol. The van der Waals surface area contributed by atoms with Crippen molar-refractivity contribution in [3.63, 3.8) is 0 Å². The fourth-order valence-corrected chi connectivity index (χ4v) is 3.28. The van der Waals surface area contributed by atoms with Crippen molar-refractivity contribution >= 4 is 34.5 Å². The van der Waals surface area contributed by atoms with Crippen LogP contribution in [-0.4, -0.2) is 16.8 Å². The first-order valence-electron chi connectivity index (χ1n) is 8.18. The van der Waals surface area contributed by atoms with E-state index in [1.165, 1.54) is 18.3 Å². The van der Waals surface area contributed by atoms with Gasteiger partial charge in [-0.1, -0.05) is 29.8 Å². The van der Waals surface area contributed by atoms with Gasteiger partial charge in [-0.2, -0.15) is 0 Å². The zero-order valence-corrected chi connectivity index (χ0v) is 15.4. The van der Waals surface area contributed by atoms with E-state index in [4.69, 9.17) is 0 Å². The Hall–Kier alpha value is -2.99. The number of carbonyl (C=O) groups is 2. The minimum absolute atomic E-state index is 0.0994. The SMILES string of the molecule is CC(=O)Nc1cccc(-c2nc(CC(=O)Nc3ccc(C)cc3)cs2)c1. The van der Waals surface area contributed by atoms with Crippen molar-refractivity contribution in [1.82, 2.24) is 4.98 Å². The van der Waals surface area contributed by atoms with Gasteiger partial charge in [-0.15, -0.1) is 11.3 Å². The molecule has 3 rings (SSSR count). The summed E-state index contributed by atoms with van der Waals surface area (Å²) in [5.74, 6) is -0.215. The molecule has 0 aliphatic carbocycles. The minimum Gasteiger partial charge on any atom is -0.326 e. The van der Waals surface area contributed by atoms with Gasteiger partial charge in [0.05, 0.1) is 12.1 Å². The summed E-state index contributed by atoms with van der Waals surface area (Å²) in [6.45, 7) is 3.48. The third-order valence-corrected chi connectivity index (χ3v) is 4.60. The van der Waals surface area contributed by atoms with Crippen LogP contribution in [0.3, 0.4) is 0 Å². The van der Waals surface area contributed by atoms with Crippen molar-refractivity contribution < 1.29 is 9.59 Å². The van der Waals surface area contributed by atoms with Crippen LogP contribution in [0.5, 0.6) is 0 Å². The maximum Gasteiger partial charge on any atom is 0.230 e. The Balaban J connectivity index is 1.67. The molecule has 1 aromatic heterocycles. The molecular formula is C20H19N3O2S. The predicted octanol–water partition coefficient (Wildman–Crippen LogP) is 4.26. The van der Waals surface area contributed by atoms with E-state index < -0.39 is 0 Å². The molecule has 2 amide bonds. The van der Waals surface area contributed by atoms with E-state index in [9.17, 15) is 9.59 Å². The Bertz CT molecular complexity index is 932. The quantitative estimate of drug-likeness (QED) is 0.710. The second kappa shape index (κ2) is 7.93. The number of carbonyl (C=O) groups excluding carboxylic acids is 2. The van der Waals surface area contributed by atoms with Gasteiger partial charge in [0.15, 0.2) is 0 Å². The third kappa shape index (κ3) is 4.77. The van der Waals surface area contributed by atoms with Gasteiger partial charge in [0.2, 0.25) is 11.8 Å². The maximum atomic E-state index is 12.2. The van der Waals surface area contributed by atoms with Crippen molar-refractivity contribution in [2.24, 2.45) is 0 Å². The van der Waals surface area contributed by atoms with Crippen LogP contribution >= 0.6 is 11.3 Å². The lowest BCUT2D eigenvalue weighted by Crippen LogP contribution is -2.14. The van der Waals surface area contributed by atoms with Crippen LogP contribution in [-0.2, 0) is 16.0 Å². The van der Waals surface area contributed by atoms with Crippen molar-refractivity contribution in [2.75, 3.05) is 10.6 Å². The van der Waals surface area contributed by atoms with E-state index in [1.54, 1.807) is 0 Å². The van der Waals surface area contributed by atoms with E-state index in [0.29, 0.717) is 0 Å². The molecule has 3 aromatic rings. The molecule has 0 atom stereocenters. The summed E-state index contributed by atoms with van der Waals surface area (Å²) in [6, 6.07) is 15.2. The first-order chi connectivity index (χ1) is 12.5. The lowest BCUT2D eigenvalue weighted by atomic mass is 10.2. The van der Waals surface area contributed by atoms with Gasteiger partial charge in [0.1, 0.15) is 5.01 Å². The van der Waals surface area contributed by atoms with Gasteiger partial charge in [-0.25, -0.2) is 4.98 Å². The molecule has 6 heteroatoms. The highest BCUT2D eigenvalue weighted by molar-refractivity contribution is 7.13. The number of nitrogens with one attached hydrogen (secondary N) is 2. The topological polar surface area (TPSA) is 71.1 Å².